The molecule has 3 heterocycles. The van der Waals surface area contributed by atoms with Crippen molar-refractivity contribution in [2.24, 2.45) is 10.9 Å². The number of aliphatic imine (C=N–C) groups is 1. The number of carbonyl (C=O) groups excluding carboxylic acids is 2. The van der Waals surface area contributed by atoms with Crippen LogP contribution in [-0.2, 0) is 14.3 Å². The van der Waals surface area contributed by atoms with E-state index in [1.807, 2.05) is 9.80 Å². The first-order valence-corrected chi connectivity index (χ1v) is 10.5. The number of benzene rings is 1. The average molecular weight is 453 g/mol. The molecule has 1 saturated heterocycles. The maximum Gasteiger partial charge on any atom is 0.321 e. The van der Waals surface area contributed by atoms with Crippen LogP contribution in [0.2, 0.25) is 0 Å². The molecule has 12 heteroatoms. The first-order valence-electron chi connectivity index (χ1n) is 10.5. The van der Waals surface area contributed by atoms with Gasteiger partial charge in [-0.05, 0) is 18.6 Å². The molecule has 1 fully saturated rings. The van der Waals surface area contributed by atoms with Crippen molar-refractivity contribution in [2.45, 2.75) is 13.0 Å². The first-order chi connectivity index (χ1) is 16.0. The lowest BCUT2D eigenvalue weighted by molar-refractivity contribution is -0.384. The van der Waals surface area contributed by atoms with Crippen molar-refractivity contribution in [3.8, 4) is 0 Å². The van der Waals surface area contributed by atoms with Crippen molar-refractivity contribution in [2.75, 3.05) is 37.7 Å². The number of anilines is 1. The predicted octanol–water partition coefficient (Wildman–Crippen LogP) is 0.913. The third-order valence-electron chi connectivity index (χ3n) is 5.47. The Morgan fingerprint density at radius 1 is 1.18 bits per heavy atom. The zero-order valence-electron chi connectivity index (χ0n) is 18.0. The summed E-state index contributed by atoms with van der Waals surface area (Å²) in [5.41, 5.74) is 0.250. The Balaban J connectivity index is 1.60. The maximum atomic E-state index is 13.0. The molecule has 2 aliphatic rings. The molecule has 2 aliphatic heterocycles. The standard InChI is InChI=1S/C21H23N7O5/c1-2-33-19(30)16-17(14-5-3-6-15(13-14)28(31)32)24-21(25-18(16)29)27-11-9-26(10-12-27)20-22-7-4-8-23-20/h3-8,13,16-17H,2,9-12H2,1H3,(H,24,25,29)/t16-,17+/m1/s1. The molecule has 0 unspecified atom stereocenters. The van der Waals surface area contributed by atoms with E-state index in [9.17, 15) is 19.7 Å². The van der Waals surface area contributed by atoms with Crippen LogP contribution in [0.25, 0.3) is 0 Å². The number of amides is 1. The Bertz CT molecular complexity index is 1070. The summed E-state index contributed by atoms with van der Waals surface area (Å²) in [6, 6.07) is 6.62. The molecule has 0 spiro atoms. The molecule has 0 saturated carbocycles. The molecule has 1 amide bonds. The number of nitrogens with zero attached hydrogens (tertiary/aromatic N) is 6. The summed E-state index contributed by atoms with van der Waals surface area (Å²) in [6.07, 6.45) is 3.36. The third kappa shape index (κ3) is 4.73. The second kappa shape index (κ2) is 9.59. The fourth-order valence-corrected chi connectivity index (χ4v) is 3.86. The van der Waals surface area contributed by atoms with Gasteiger partial charge in [-0.2, -0.15) is 0 Å². The van der Waals surface area contributed by atoms with Crippen molar-refractivity contribution < 1.29 is 19.2 Å². The molecule has 2 aromatic rings. The topological polar surface area (TPSA) is 143 Å². The van der Waals surface area contributed by atoms with Crippen LogP contribution in [0.3, 0.4) is 0 Å². The van der Waals surface area contributed by atoms with Crippen LogP contribution in [-0.4, -0.2) is 70.4 Å². The largest absolute Gasteiger partial charge is 0.465 e. The van der Waals surface area contributed by atoms with Crippen molar-refractivity contribution in [1.82, 2.24) is 20.2 Å². The van der Waals surface area contributed by atoms with Gasteiger partial charge in [-0.25, -0.2) is 15.0 Å². The highest BCUT2D eigenvalue weighted by Gasteiger charge is 2.42. The molecule has 2 atom stereocenters. The number of nitro benzene ring substituents is 1. The Hall–Kier alpha value is -4.09. The van der Waals surface area contributed by atoms with Gasteiger partial charge < -0.3 is 14.5 Å². The smallest absolute Gasteiger partial charge is 0.321 e. The molecule has 172 valence electrons. The van der Waals surface area contributed by atoms with Gasteiger partial charge in [-0.1, -0.05) is 12.1 Å². The molecule has 4 rings (SSSR count). The summed E-state index contributed by atoms with van der Waals surface area (Å²) in [5.74, 6) is -1.56. The number of piperazine rings is 1. The lowest BCUT2D eigenvalue weighted by Gasteiger charge is -2.38. The number of ether oxygens (including phenoxy) is 1. The number of nitro groups is 1. The normalized spacial score (nSPS) is 20.6. The van der Waals surface area contributed by atoms with Crippen molar-refractivity contribution in [3.63, 3.8) is 0 Å². The van der Waals surface area contributed by atoms with Crippen LogP contribution in [0, 0.1) is 16.0 Å². The minimum atomic E-state index is -1.24. The van der Waals surface area contributed by atoms with Crippen LogP contribution in [0.15, 0.2) is 47.7 Å². The van der Waals surface area contributed by atoms with E-state index >= 15 is 0 Å². The molecular formula is C21H23N7O5. The zero-order chi connectivity index (χ0) is 23.4. The Morgan fingerprint density at radius 2 is 1.88 bits per heavy atom. The fourth-order valence-electron chi connectivity index (χ4n) is 3.86. The molecule has 0 radical (unpaired) electrons. The summed E-state index contributed by atoms with van der Waals surface area (Å²) in [6.45, 7) is 4.06. The number of hydrogen-bond acceptors (Lipinski definition) is 10. The van der Waals surface area contributed by atoms with Crippen molar-refractivity contribution in [1.29, 1.82) is 0 Å². The van der Waals surface area contributed by atoms with Gasteiger partial charge in [0.25, 0.3) is 5.69 Å². The Labute approximate surface area is 189 Å². The first kappa shape index (κ1) is 22.1. The number of hydrogen-bond donors (Lipinski definition) is 1. The molecule has 0 aliphatic carbocycles. The number of esters is 1. The van der Waals surface area contributed by atoms with E-state index in [1.54, 1.807) is 31.5 Å². The lowest BCUT2D eigenvalue weighted by atomic mass is 9.91. The van der Waals surface area contributed by atoms with Gasteiger partial charge >= 0.3 is 5.97 Å². The molecule has 12 nitrogen and oxygen atoms in total. The van der Waals surface area contributed by atoms with E-state index in [0.29, 0.717) is 43.7 Å². The van der Waals surface area contributed by atoms with Gasteiger partial charge in [0.05, 0.1) is 11.5 Å². The zero-order valence-corrected chi connectivity index (χ0v) is 18.0. The van der Waals surface area contributed by atoms with Crippen LogP contribution in [0.1, 0.15) is 18.5 Å². The Morgan fingerprint density at radius 3 is 2.55 bits per heavy atom. The third-order valence-corrected chi connectivity index (χ3v) is 5.47. The summed E-state index contributed by atoms with van der Waals surface area (Å²) >= 11 is 0. The van der Waals surface area contributed by atoms with Crippen molar-refractivity contribution in [3.05, 3.63) is 58.4 Å². The Kier molecular flexibility index (Phi) is 6.43. The van der Waals surface area contributed by atoms with E-state index < -0.39 is 28.8 Å². The molecular weight excluding hydrogens is 430 g/mol. The molecule has 33 heavy (non-hydrogen) atoms. The van der Waals surface area contributed by atoms with E-state index in [-0.39, 0.29) is 12.3 Å². The van der Waals surface area contributed by atoms with Gasteiger partial charge in [0.2, 0.25) is 17.8 Å². The highest BCUT2D eigenvalue weighted by Crippen LogP contribution is 2.32. The molecule has 1 N–H and O–H groups in total. The number of guanidine groups is 1. The maximum absolute atomic E-state index is 13.0. The quantitative estimate of drug-likeness (QED) is 0.302. The fraction of sp³-hybridized carbons (Fsp3) is 0.381. The van der Waals surface area contributed by atoms with Gasteiger partial charge in [0.1, 0.15) is 6.04 Å². The van der Waals surface area contributed by atoms with Crippen LogP contribution in [0.5, 0.6) is 0 Å². The summed E-state index contributed by atoms with van der Waals surface area (Å²) < 4.78 is 5.09. The minimum Gasteiger partial charge on any atom is -0.465 e. The van der Waals surface area contributed by atoms with Crippen molar-refractivity contribution >= 4 is 29.5 Å². The molecule has 1 aromatic heterocycles. The minimum absolute atomic E-state index is 0.102. The highest BCUT2D eigenvalue weighted by molar-refractivity contribution is 6.08. The summed E-state index contributed by atoms with van der Waals surface area (Å²) in [4.78, 5) is 53.4. The number of carbonyl (C=O) groups is 2. The lowest BCUT2D eigenvalue weighted by Crippen LogP contribution is -2.57. The molecule has 0 bridgehead atoms. The van der Waals surface area contributed by atoms with Crippen LogP contribution < -0.4 is 10.2 Å². The predicted molar refractivity (Wildman–Crippen MR) is 117 cm³/mol. The monoisotopic (exact) mass is 453 g/mol. The van der Waals surface area contributed by atoms with Gasteiger partial charge in [0, 0.05) is 50.7 Å². The van der Waals surface area contributed by atoms with Gasteiger partial charge in [-0.3, -0.25) is 25.0 Å². The number of non-ortho nitro benzene ring substituents is 1. The van der Waals surface area contributed by atoms with E-state index in [0.717, 1.165) is 0 Å². The van der Waals surface area contributed by atoms with Gasteiger partial charge in [0.15, 0.2) is 5.92 Å². The second-order valence-electron chi connectivity index (χ2n) is 7.49. The highest BCUT2D eigenvalue weighted by atomic mass is 16.6. The average Bonchev–Trinajstić information content (AvgIpc) is 2.84. The number of nitrogens with one attached hydrogen (secondary N) is 1. The van der Waals surface area contributed by atoms with Gasteiger partial charge in [-0.15, -0.1) is 0 Å². The van der Waals surface area contributed by atoms with E-state index in [1.165, 1.54) is 18.2 Å². The van der Waals surface area contributed by atoms with E-state index in [2.05, 4.69) is 20.3 Å². The van der Waals surface area contributed by atoms with Crippen LogP contribution in [0.4, 0.5) is 11.6 Å². The SMILES string of the molecule is CCOC(=O)[C@H]1C(=O)NC(N2CCN(c3ncccn3)CC2)=N[C@H]1c1cccc([N+](=O)[O-])c1. The summed E-state index contributed by atoms with van der Waals surface area (Å²) in [7, 11) is 0. The molecule has 1 aromatic carbocycles. The number of aromatic nitrogens is 2. The summed E-state index contributed by atoms with van der Waals surface area (Å²) in [5, 5.41) is 14.0. The van der Waals surface area contributed by atoms with E-state index in [4.69, 9.17) is 4.74 Å². The second-order valence-corrected chi connectivity index (χ2v) is 7.49. The van der Waals surface area contributed by atoms with Crippen LogP contribution >= 0.6 is 0 Å². The number of rotatable bonds is 5.